The second-order valence-corrected chi connectivity index (χ2v) is 12.5. The lowest BCUT2D eigenvalue weighted by molar-refractivity contribution is -0.128. The molecular formula is C27H39N4O7PS. The van der Waals surface area contributed by atoms with Crippen LogP contribution in [0.15, 0.2) is 24.3 Å². The summed E-state index contributed by atoms with van der Waals surface area (Å²) in [7, 11) is -4.68. The van der Waals surface area contributed by atoms with Gasteiger partial charge in [-0.3, -0.25) is 24.2 Å². The fraction of sp³-hybridized carbons (Fsp3) is 0.556. The molecule has 1 aromatic carbocycles. The summed E-state index contributed by atoms with van der Waals surface area (Å²) in [6, 6.07) is 4.68. The zero-order valence-corrected chi connectivity index (χ0v) is 24.6. The molecule has 220 valence electrons. The summed E-state index contributed by atoms with van der Waals surface area (Å²) in [4.78, 5) is 60.7. The number of phosphoric acid groups is 1. The highest BCUT2D eigenvalue weighted by Crippen LogP contribution is 2.37. The fourth-order valence-electron chi connectivity index (χ4n) is 4.93. The van der Waals surface area contributed by atoms with Crippen LogP contribution in [0.25, 0.3) is 0 Å². The minimum Gasteiger partial charge on any atom is -0.404 e. The van der Waals surface area contributed by atoms with Crippen LogP contribution in [0, 0.1) is 5.92 Å². The van der Waals surface area contributed by atoms with Crippen LogP contribution in [0.4, 0.5) is 0 Å². The molecule has 0 saturated heterocycles. The molecular weight excluding hydrogens is 555 g/mol. The lowest BCUT2D eigenvalue weighted by Crippen LogP contribution is -2.48. The third kappa shape index (κ3) is 10.3. The summed E-state index contributed by atoms with van der Waals surface area (Å²) >= 11 is 1.50. The van der Waals surface area contributed by atoms with E-state index in [2.05, 4.69) is 15.2 Å². The molecule has 0 radical (unpaired) electrons. The molecule has 2 aromatic rings. The molecule has 1 aromatic heterocycles. The van der Waals surface area contributed by atoms with E-state index in [0.717, 1.165) is 22.0 Å². The van der Waals surface area contributed by atoms with Gasteiger partial charge in [0, 0.05) is 24.6 Å². The number of hydrogen-bond acceptors (Lipinski definition) is 7. The van der Waals surface area contributed by atoms with Gasteiger partial charge in [-0.2, -0.15) is 0 Å². The molecule has 1 fully saturated rings. The number of aryl methyl sites for hydroxylation is 1. The van der Waals surface area contributed by atoms with Crippen molar-refractivity contribution in [3.63, 3.8) is 0 Å². The number of nitrogens with zero attached hydrogens (tertiary/aromatic N) is 1. The molecule has 1 heterocycles. The van der Waals surface area contributed by atoms with Crippen LogP contribution in [-0.2, 0) is 38.2 Å². The first-order chi connectivity index (χ1) is 18.9. The molecule has 0 spiro atoms. The Kier molecular flexibility index (Phi) is 11.7. The number of aromatic nitrogens is 1. The van der Waals surface area contributed by atoms with Gasteiger partial charge in [-0.1, -0.05) is 51.2 Å². The van der Waals surface area contributed by atoms with Gasteiger partial charge in [-0.15, -0.1) is 11.3 Å². The number of hydrogen-bond donors (Lipinski definition) is 5. The Balaban J connectivity index is 1.75. The second kappa shape index (κ2) is 14.7. The van der Waals surface area contributed by atoms with Crippen molar-refractivity contribution in [3.8, 4) is 5.75 Å². The molecule has 6 N–H and O–H groups in total. The number of primary amides is 1. The molecule has 0 aliphatic heterocycles. The van der Waals surface area contributed by atoms with E-state index < -0.39 is 13.9 Å². The van der Waals surface area contributed by atoms with Gasteiger partial charge >= 0.3 is 7.82 Å². The van der Waals surface area contributed by atoms with E-state index in [1.165, 1.54) is 62.5 Å². The molecule has 1 aliphatic carbocycles. The average Bonchev–Trinajstić information content (AvgIpc) is 3.28. The molecule has 2 atom stereocenters. The third-order valence-electron chi connectivity index (χ3n) is 6.90. The Bertz CT molecular complexity index is 1210. The van der Waals surface area contributed by atoms with Crippen LogP contribution in [0.5, 0.6) is 5.75 Å². The quantitative estimate of drug-likeness (QED) is 0.206. The summed E-state index contributed by atoms with van der Waals surface area (Å²) in [6.07, 6.45) is 8.39. The van der Waals surface area contributed by atoms with Gasteiger partial charge < -0.3 is 20.9 Å². The lowest BCUT2D eigenvalue weighted by atomic mass is 9.86. The van der Waals surface area contributed by atoms with Crippen molar-refractivity contribution >= 4 is 36.9 Å². The van der Waals surface area contributed by atoms with Gasteiger partial charge in [-0.25, -0.2) is 9.55 Å². The molecule has 0 bridgehead atoms. The first-order valence-electron chi connectivity index (χ1n) is 13.6. The first kappa shape index (κ1) is 31.7. The number of rotatable bonds is 14. The monoisotopic (exact) mass is 594 g/mol. The minimum atomic E-state index is -4.68. The molecule has 11 nitrogen and oxygen atoms in total. The number of carbonyl (C=O) groups is 3. The Morgan fingerprint density at radius 3 is 2.40 bits per heavy atom. The van der Waals surface area contributed by atoms with Crippen LogP contribution in [0.1, 0.15) is 86.0 Å². The van der Waals surface area contributed by atoms with Gasteiger partial charge in [0.25, 0.3) is 0 Å². The summed E-state index contributed by atoms with van der Waals surface area (Å²) in [6.45, 7) is 3.28. The zero-order valence-electron chi connectivity index (χ0n) is 22.9. The van der Waals surface area contributed by atoms with Crippen molar-refractivity contribution in [1.82, 2.24) is 15.6 Å². The van der Waals surface area contributed by atoms with Crippen molar-refractivity contribution in [2.75, 3.05) is 0 Å². The van der Waals surface area contributed by atoms with E-state index in [-0.39, 0.29) is 42.4 Å². The Hall–Kier alpha value is -2.79. The van der Waals surface area contributed by atoms with E-state index in [1.807, 2.05) is 6.92 Å². The fourth-order valence-corrected chi connectivity index (χ4v) is 6.56. The normalized spacial score (nSPS) is 15.7. The highest BCUT2D eigenvalue weighted by molar-refractivity contribution is 7.46. The summed E-state index contributed by atoms with van der Waals surface area (Å²) < 4.78 is 15.6. The maximum Gasteiger partial charge on any atom is 0.524 e. The number of nitrogens with one attached hydrogen (secondary N) is 2. The van der Waals surface area contributed by atoms with Crippen molar-refractivity contribution in [3.05, 3.63) is 45.4 Å². The first-order valence-corrected chi connectivity index (χ1v) is 16.0. The molecule has 1 aliphatic rings. The standard InChI is InChI=1S/C27H39N4O7PS/c1-3-21(27-31-22(15-18-7-5-4-6-8-18)24(40-27)13-14-25(28)33)30-26(34)23(29-17(2)32)16-19-9-11-20(12-10-19)38-39(35,36)37/h9-12,18,21,23H,3-8,13-16H2,1-2H3,(H2,28,33)(H,29,32)(H,30,34)(H2,35,36,37). The van der Waals surface area contributed by atoms with Crippen molar-refractivity contribution in [1.29, 1.82) is 0 Å². The Morgan fingerprint density at radius 2 is 1.82 bits per heavy atom. The third-order valence-corrected chi connectivity index (χ3v) is 8.62. The number of thiazole rings is 1. The second-order valence-electron chi connectivity index (χ2n) is 10.2. The predicted octanol–water partition coefficient (Wildman–Crippen LogP) is 3.47. The van der Waals surface area contributed by atoms with Crippen LogP contribution >= 0.6 is 19.2 Å². The van der Waals surface area contributed by atoms with Crippen molar-refractivity contribution < 1.29 is 33.3 Å². The average molecular weight is 595 g/mol. The largest absolute Gasteiger partial charge is 0.524 e. The van der Waals surface area contributed by atoms with Crippen LogP contribution in [0.3, 0.4) is 0 Å². The number of amides is 3. The highest BCUT2D eigenvalue weighted by atomic mass is 32.1. The van der Waals surface area contributed by atoms with E-state index in [9.17, 15) is 18.9 Å². The van der Waals surface area contributed by atoms with Gasteiger partial charge in [-0.05, 0) is 42.9 Å². The SMILES string of the molecule is CCC(NC(=O)C(Cc1ccc(OP(=O)(O)O)cc1)NC(C)=O)c1nc(CC2CCCCC2)c(CCC(N)=O)s1. The molecule has 1 saturated carbocycles. The Morgan fingerprint density at radius 1 is 1.15 bits per heavy atom. The molecule has 2 unspecified atom stereocenters. The maximum atomic E-state index is 13.4. The van der Waals surface area contributed by atoms with Gasteiger partial charge in [0.2, 0.25) is 17.7 Å². The Labute approximate surface area is 238 Å². The lowest BCUT2D eigenvalue weighted by Gasteiger charge is -2.22. The maximum absolute atomic E-state index is 13.4. The number of carbonyl (C=O) groups excluding carboxylic acids is 3. The van der Waals surface area contributed by atoms with Gasteiger partial charge in [0.05, 0.1) is 11.7 Å². The van der Waals surface area contributed by atoms with Crippen LogP contribution in [0.2, 0.25) is 0 Å². The molecule has 13 heteroatoms. The van der Waals surface area contributed by atoms with Crippen molar-refractivity contribution in [2.24, 2.45) is 11.7 Å². The van der Waals surface area contributed by atoms with E-state index in [4.69, 9.17) is 20.5 Å². The summed E-state index contributed by atoms with van der Waals surface area (Å²) in [5.41, 5.74) is 7.06. The summed E-state index contributed by atoms with van der Waals surface area (Å²) in [5.74, 6) is -0.553. The van der Waals surface area contributed by atoms with Crippen LogP contribution < -0.4 is 20.9 Å². The van der Waals surface area contributed by atoms with Gasteiger partial charge in [0.15, 0.2) is 0 Å². The topological polar surface area (TPSA) is 181 Å². The zero-order chi connectivity index (χ0) is 29.3. The minimum absolute atomic E-state index is 0.0106. The molecule has 3 rings (SSSR count). The number of nitrogens with two attached hydrogens (primary N) is 1. The van der Waals surface area contributed by atoms with E-state index in [1.54, 1.807) is 12.1 Å². The highest BCUT2D eigenvalue weighted by Gasteiger charge is 2.27. The predicted molar refractivity (Wildman–Crippen MR) is 152 cm³/mol. The summed E-state index contributed by atoms with van der Waals surface area (Å²) in [5, 5.41) is 6.49. The van der Waals surface area contributed by atoms with E-state index in [0.29, 0.717) is 24.3 Å². The molecule has 3 amide bonds. The van der Waals surface area contributed by atoms with E-state index >= 15 is 0 Å². The van der Waals surface area contributed by atoms with Gasteiger partial charge in [0.1, 0.15) is 16.8 Å². The number of benzene rings is 1. The van der Waals surface area contributed by atoms with Crippen LogP contribution in [-0.4, -0.2) is 38.5 Å². The van der Waals surface area contributed by atoms with Crippen molar-refractivity contribution in [2.45, 2.75) is 90.1 Å². The molecule has 40 heavy (non-hydrogen) atoms. The smallest absolute Gasteiger partial charge is 0.404 e. The number of phosphoric ester groups is 1.